The van der Waals surface area contributed by atoms with E-state index >= 15 is 0 Å². The van der Waals surface area contributed by atoms with Gasteiger partial charge >= 0.3 is 0 Å². The maximum Gasteiger partial charge on any atom is 0.102 e. The molecule has 1 aliphatic heterocycles. The van der Waals surface area contributed by atoms with Gasteiger partial charge < -0.3 is 5.73 Å². The molecule has 1 aliphatic rings. The van der Waals surface area contributed by atoms with Gasteiger partial charge in [0.1, 0.15) is 6.07 Å². The molecule has 0 aromatic carbocycles. The van der Waals surface area contributed by atoms with E-state index in [0.29, 0.717) is 11.3 Å². The summed E-state index contributed by atoms with van der Waals surface area (Å²) in [5, 5.41) is 9.41. The molecule has 100 valence electrons. The van der Waals surface area contributed by atoms with E-state index in [0.717, 1.165) is 22.6 Å². The summed E-state index contributed by atoms with van der Waals surface area (Å²) in [7, 11) is 0. The summed E-state index contributed by atoms with van der Waals surface area (Å²) >= 11 is 3.67. The summed E-state index contributed by atoms with van der Waals surface area (Å²) in [5.41, 5.74) is 9.52. The summed E-state index contributed by atoms with van der Waals surface area (Å²) in [4.78, 5) is 6.39. The van der Waals surface area contributed by atoms with Gasteiger partial charge in [0.05, 0.1) is 16.1 Å². The Labute approximate surface area is 126 Å². The number of aromatic nitrogens is 1. The predicted octanol–water partition coefficient (Wildman–Crippen LogP) is 3.28. The fourth-order valence-corrected chi connectivity index (χ4v) is 4.54. The summed E-state index contributed by atoms with van der Waals surface area (Å²) < 4.78 is 0. The molecule has 2 aromatic heterocycles. The third kappa shape index (κ3) is 2.45. The maximum absolute atomic E-state index is 9.41. The highest BCUT2D eigenvalue weighted by Crippen LogP contribution is 2.35. The number of nitrogens with zero attached hydrogens (tertiary/aromatic N) is 2. The van der Waals surface area contributed by atoms with Gasteiger partial charge in [0, 0.05) is 23.0 Å². The van der Waals surface area contributed by atoms with Crippen LogP contribution in [0.3, 0.4) is 0 Å². The first-order chi connectivity index (χ1) is 9.79. The van der Waals surface area contributed by atoms with Gasteiger partial charge in [-0.3, -0.25) is 4.98 Å². The second-order valence-corrected chi connectivity index (χ2v) is 6.74. The number of aryl methyl sites for hydroxylation is 1. The molecule has 0 atom stereocenters. The van der Waals surface area contributed by atoms with Crippen LogP contribution in [0, 0.1) is 11.3 Å². The lowest BCUT2D eigenvalue weighted by molar-refractivity contribution is 1.13. The number of pyridine rings is 1. The van der Waals surface area contributed by atoms with Crippen molar-refractivity contribution in [1.29, 1.82) is 5.26 Å². The Morgan fingerprint density at radius 3 is 2.85 bits per heavy atom. The molecule has 3 nitrogen and oxygen atoms in total. The number of nitriles is 1. The zero-order valence-corrected chi connectivity index (χ0v) is 12.4. The monoisotopic (exact) mass is 299 g/mol. The molecule has 0 spiro atoms. The largest absolute Gasteiger partial charge is 0.396 e. The van der Waals surface area contributed by atoms with E-state index in [1.54, 1.807) is 23.7 Å². The molecule has 3 heterocycles. The molecule has 2 aromatic rings. The molecule has 0 saturated heterocycles. The Morgan fingerprint density at radius 1 is 1.35 bits per heavy atom. The van der Waals surface area contributed by atoms with Gasteiger partial charge in [0.2, 0.25) is 0 Å². The molecule has 2 N–H and O–H groups in total. The molecule has 0 aliphatic carbocycles. The van der Waals surface area contributed by atoms with Crippen LogP contribution in [0.15, 0.2) is 30.6 Å². The zero-order valence-electron chi connectivity index (χ0n) is 10.8. The highest BCUT2D eigenvalue weighted by atomic mass is 32.2. The molecule has 0 fully saturated rings. The van der Waals surface area contributed by atoms with Crippen LogP contribution in [0.2, 0.25) is 0 Å². The van der Waals surface area contributed by atoms with Crippen molar-refractivity contribution >= 4 is 34.4 Å². The number of nitrogens with two attached hydrogens (primary N) is 1. The third-order valence-corrected chi connectivity index (χ3v) is 5.52. The number of hydrogen-bond donors (Lipinski definition) is 1. The fraction of sp³-hybridized carbons (Fsp3) is 0.200. The fourth-order valence-electron chi connectivity index (χ4n) is 2.20. The van der Waals surface area contributed by atoms with Crippen LogP contribution in [0.1, 0.15) is 20.9 Å². The van der Waals surface area contributed by atoms with Crippen molar-refractivity contribution in [3.63, 3.8) is 0 Å². The third-order valence-electron chi connectivity index (χ3n) is 3.24. The van der Waals surface area contributed by atoms with E-state index in [2.05, 4.69) is 17.1 Å². The first-order valence-corrected chi connectivity index (χ1v) is 8.26. The number of allylic oxidation sites excluding steroid dienone is 1. The average Bonchev–Trinajstić information content (AvgIpc) is 2.93. The summed E-state index contributed by atoms with van der Waals surface area (Å²) in [6, 6.07) is 7.99. The van der Waals surface area contributed by atoms with Gasteiger partial charge in [0.15, 0.2) is 0 Å². The first kappa shape index (κ1) is 13.2. The topological polar surface area (TPSA) is 62.7 Å². The Hall–Kier alpha value is -1.77. The molecule has 0 amide bonds. The van der Waals surface area contributed by atoms with Crippen LogP contribution < -0.4 is 5.73 Å². The number of thioether (sulfide) groups is 1. The SMILES string of the molecule is N#C/C(=C(/N)c1cc2c(s1)CCSC2)c1ccncc1. The van der Waals surface area contributed by atoms with E-state index in [9.17, 15) is 5.26 Å². The van der Waals surface area contributed by atoms with E-state index < -0.39 is 0 Å². The number of fused-ring (bicyclic) bond motifs is 1. The van der Waals surface area contributed by atoms with Gasteiger partial charge in [-0.15, -0.1) is 11.3 Å². The van der Waals surface area contributed by atoms with Crippen LogP contribution in [0.5, 0.6) is 0 Å². The average molecular weight is 299 g/mol. The van der Waals surface area contributed by atoms with E-state index in [1.165, 1.54) is 16.2 Å². The smallest absolute Gasteiger partial charge is 0.102 e. The Bertz CT molecular complexity index is 672. The van der Waals surface area contributed by atoms with Crippen LogP contribution in [0.4, 0.5) is 0 Å². The maximum atomic E-state index is 9.41. The highest BCUT2D eigenvalue weighted by Gasteiger charge is 2.17. The van der Waals surface area contributed by atoms with Crippen molar-refractivity contribution in [3.05, 3.63) is 51.5 Å². The van der Waals surface area contributed by atoms with E-state index in [4.69, 9.17) is 5.73 Å². The molecule has 0 radical (unpaired) electrons. The Balaban J connectivity index is 2.05. The lowest BCUT2D eigenvalue weighted by Crippen LogP contribution is -1.98. The van der Waals surface area contributed by atoms with Crippen LogP contribution >= 0.6 is 23.1 Å². The molecular formula is C15H13N3S2. The van der Waals surface area contributed by atoms with E-state index in [1.807, 2.05) is 23.9 Å². The highest BCUT2D eigenvalue weighted by molar-refractivity contribution is 7.98. The van der Waals surface area contributed by atoms with Crippen LogP contribution in [-0.2, 0) is 12.2 Å². The summed E-state index contributed by atoms with van der Waals surface area (Å²) in [5.74, 6) is 2.22. The molecule has 0 unspecified atom stereocenters. The van der Waals surface area contributed by atoms with Crippen molar-refractivity contribution in [3.8, 4) is 6.07 Å². The minimum Gasteiger partial charge on any atom is -0.396 e. The minimum atomic E-state index is 0.527. The second-order valence-electron chi connectivity index (χ2n) is 4.50. The predicted molar refractivity (Wildman–Crippen MR) is 85.0 cm³/mol. The molecular weight excluding hydrogens is 286 g/mol. The van der Waals surface area contributed by atoms with Crippen molar-refractivity contribution in [2.45, 2.75) is 12.2 Å². The lowest BCUT2D eigenvalue weighted by Gasteiger charge is -2.08. The lowest BCUT2D eigenvalue weighted by atomic mass is 10.1. The summed E-state index contributed by atoms with van der Waals surface area (Å²) in [6.45, 7) is 0. The van der Waals surface area contributed by atoms with Crippen LogP contribution in [-0.4, -0.2) is 10.7 Å². The molecule has 20 heavy (non-hydrogen) atoms. The zero-order chi connectivity index (χ0) is 13.9. The molecule has 0 bridgehead atoms. The van der Waals surface area contributed by atoms with Crippen molar-refractivity contribution in [1.82, 2.24) is 4.98 Å². The molecule has 5 heteroatoms. The van der Waals surface area contributed by atoms with Crippen molar-refractivity contribution in [2.24, 2.45) is 5.73 Å². The van der Waals surface area contributed by atoms with Gasteiger partial charge in [-0.1, -0.05) is 0 Å². The summed E-state index contributed by atoms with van der Waals surface area (Å²) in [6.07, 6.45) is 4.46. The first-order valence-electron chi connectivity index (χ1n) is 6.29. The van der Waals surface area contributed by atoms with Crippen LogP contribution in [0.25, 0.3) is 11.3 Å². The number of hydrogen-bond acceptors (Lipinski definition) is 5. The standard InChI is InChI=1S/C15H13N3S2/c16-8-12(10-1-4-18-5-2-10)15(17)14-7-11-9-19-6-3-13(11)20-14/h1-2,4-5,7H,3,6,9,17H2/b15-12-. The van der Waals surface area contributed by atoms with Gasteiger partial charge in [-0.2, -0.15) is 17.0 Å². The van der Waals surface area contributed by atoms with Crippen molar-refractivity contribution < 1.29 is 0 Å². The minimum absolute atomic E-state index is 0.527. The van der Waals surface area contributed by atoms with Gasteiger partial charge in [-0.25, -0.2) is 0 Å². The van der Waals surface area contributed by atoms with Gasteiger partial charge in [-0.05, 0) is 41.5 Å². The van der Waals surface area contributed by atoms with Gasteiger partial charge in [0.25, 0.3) is 0 Å². The normalized spacial score (nSPS) is 15.2. The van der Waals surface area contributed by atoms with Crippen molar-refractivity contribution in [2.75, 3.05) is 5.75 Å². The number of thiophene rings is 1. The quantitative estimate of drug-likeness (QED) is 0.864. The Morgan fingerprint density at radius 2 is 2.15 bits per heavy atom. The Kier molecular flexibility index (Phi) is 3.77. The van der Waals surface area contributed by atoms with E-state index in [-0.39, 0.29) is 0 Å². The number of rotatable bonds is 2. The second kappa shape index (κ2) is 5.70. The molecule has 3 rings (SSSR count). The molecule has 0 saturated carbocycles.